The van der Waals surface area contributed by atoms with Crippen LogP contribution in [0.4, 0.5) is 0 Å². The van der Waals surface area contributed by atoms with Gasteiger partial charge in [0.1, 0.15) is 0 Å². The van der Waals surface area contributed by atoms with E-state index in [2.05, 4.69) is 24.9 Å². The lowest BCUT2D eigenvalue weighted by molar-refractivity contribution is 1.12. The molecule has 0 aromatic heterocycles. The van der Waals surface area contributed by atoms with Crippen molar-refractivity contribution in [1.82, 2.24) is 5.32 Å². The predicted octanol–water partition coefficient (Wildman–Crippen LogP) is 4.26. The van der Waals surface area contributed by atoms with Crippen LogP contribution in [0.15, 0.2) is 72.7 Å². The third-order valence-electron chi connectivity index (χ3n) is 1.89. The molecular formula is C15H21N. The van der Waals surface area contributed by atoms with Gasteiger partial charge in [-0.25, -0.2) is 0 Å². The maximum atomic E-state index is 3.88. The molecule has 0 radical (unpaired) electrons. The number of hydrogen-bond donors (Lipinski definition) is 1. The van der Waals surface area contributed by atoms with Crippen LogP contribution < -0.4 is 5.32 Å². The minimum atomic E-state index is 0.872. The van der Waals surface area contributed by atoms with Crippen molar-refractivity contribution >= 4 is 0 Å². The van der Waals surface area contributed by atoms with Crippen molar-refractivity contribution in [3.05, 3.63) is 72.7 Å². The summed E-state index contributed by atoms with van der Waals surface area (Å²) < 4.78 is 0. The first kappa shape index (κ1) is 14.2. The Morgan fingerprint density at radius 1 is 1.00 bits per heavy atom. The summed E-state index contributed by atoms with van der Waals surface area (Å²) in [7, 11) is 0. The maximum absolute atomic E-state index is 3.88. The SMILES string of the molecule is C=C(/C=C\C(C)=C/C)N/C=C/C=C\C=C/C. The molecule has 0 aliphatic rings. The van der Waals surface area contributed by atoms with Gasteiger partial charge >= 0.3 is 0 Å². The Morgan fingerprint density at radius 2 is 1.69 bits per heavy atom. The molecule has 1 N–H and O–H groups in total. The maximum Gasteiger partial charge on any atom is 0.0306 e. The highest BCUT2D eigenvalue weighted by Crippen LogP contribution is 1.96. The Kier molecular flexibility index (Phi) is 8.71. The third kappa shape index (κ3) is 8.82. The fourth-order valence-electron chi connectivity index (χ4n) is 0.826. The van der Waals surface area contributed by atoms with Crippen LogP contribution in [0, 0.1) is 0 Å². The second kappa shape index (κ2) is 9.78. The first-order chi connectivity index (χ1) is 7.70. The van der Waals surface area contributed by atoms with Gasteiger partial charge in [-0.05, 0) is 32.9 Å². The van der Waals surface area contributed by atoms with Crippen LogP contribution in [0.2, 0.25) is 0 Å². The Balaban J connectivity index is 3.94. The van der Waals surface area contributed by atoms with Crippen molar-refractivity contribution in [2.75, 3.05) is 0 Å². The monoisotopic (exact) mass is 215 g/mol. The van der Waals surface area contributed by atoms with Gasteiger partial charge in [0, 0.05) is 11.9 Å². The highest BCUT2D eigenvalue weighted by molar-refractivity contribution is 5.24. The van der Waals surface area contributed by atoms with Crippen molar-refractivity contribution in [3.8, 4) is 0 Å². The average Bonchev–Trinajstić information content (AvgIpc) is 2.30. The molecule has 0 saturated heterocycles. The van der Waals surface area contributed by atoms with Crippen molar-refractivity contribution < 1.29 is 0 Å². The third-order valence-corrected chi connectivity index (χ3v) is 1.89. The molecule has 0 atom stereocenters. The smallest absolute Gasteiger partial charge is 0.0306 e. The molecule has 0 bridgehead atoms. The van der Waals surface area contributed by atoms with E-state index in [9.17, 15) is 0 Å². The molecule has 0 saturated carbocycles. The molecule has 0 amide bonds. The van der Waals surface area contributed by atoms with Crippen LogP contribution in [0.3, 0.4) is 0 Å². The first-order valence-corrected chi connectivity index (χ1v) is 5.41. The van der Waals surface area contributed by atoms with Crippen LogP contribution in [0.5, 0.6) is 0 Å². The van der Waals surface area contributed by atoms with Crippen LogP contribution in [-0.4, -0.2) is 0 Å². The van der Waals surface area contributed by atoms with Gasteiger partial charge in [-0.3, -0.25) is 0 Å². The number of allylic oxidation sites excluding steroid dienone is 9. The summed E-state index contributed by atoms with van der Waals surface area (Å²) in [6.07, 6.45) is 17.7. The lowest BCUT2D eigenvalue weighted by Gasteiger charge is -1.97. The zero-order chi connectivity index (χ0) is 12.2. The van der Waals surface area contributed by atoms with Crippen molar-refractivity contribution in [1.29, 1.82) is 0 Å². The van der Waals surface area contributed by atoms with Crippen LogP contribution in [0.25, 0.3) is 0 Å². The van der Waals surface area contributed by atoms with Crippen molar-refractivity contribution in [2.45, 2.75) is 20.8 Å². The normalized spacial score (nSPS) is 13.6. The zero-order valence-corrected chi connectivity index (χ0v) is 10.4. The number of nitrogens with one attached hydrogen (secondary N) is 1. The molecule has 0 rings (SSSR count). The van der Waals surface area contributed by atoms with Gasteiger partial charge in [-0.1, -0.05) is 48.6 Å². The molecule has 1 nitrogen and oxygen atoms in total. The molecule has 0 aromatic rings. The highest BCUT2D eigenvalue weighted by Gasteiger charge is 1.81. The lowest BCUT2D eigenvalue weighted by Crippen LogP contribution is -1.99. The molecule has 0 fully saturated rings. The minimum absolute atomic E-state index is 0.872. The largest absolute Gasteiger partial charge is 0.362 e. The van der Waals surface area contributed by atoms with Gasteiger partial charge in [0.05, 0.1) is 0 Å². The summed E-state index contributed by atoms with van der Waals surface area (Å²) in [5.41, 5.74) is 2.09. The molecule has 0 spiro atoms. The van der Waals surface area contributed by atoms with E-state index in [0.29, 0.717) is 0 Å². The number of rotatable bonds is 6. The fourth-order valence-corrected chi connectivity index (χ4v) is 0.826. The van der Waals surface area contributed by atoms with E-state index in [-0.39, 0.29) is 0 Å². The zero-order valence-electron chi connectivity index (χ0n) is 10.4. The van der Waals surface area contributed by atoms with E-state index in [4.69, 9.17) is 0 Å². The van der Waals surface area contributed by atoms with E-state index in [0.717, 1.165) is 5.70 Å². The molecule has 0 aromatic carbocycles. The quantitative estimate of drug-likeness (QED) is 0.653. The van der Waals surface area contributed by atoms with Gasteiger partial charge in [0.2, 0.25) is 0 Å². The number of hydrogen-bond acceptors (Lipinski definition) is 1. The van der Waals surface area contributed by atoms with E-state index in [1.807, 2.05) is 62.6 Å². The molecule has 1 heteroatoms. The van der Waals surface area contributed by atoms with Crippen molar-refractivity contribution in [2.24, 2.45) is 0 Å². The van der Waals surface area contributed by atoms with E-state index >= 15 is 0 Å². The van der Waals surface area contributed by atoms with E-state index in [1.165, 1.54) is 5.57 Å². The summed E-state index contributed by atoms with van der Waals surface area (Å²) in [5.74, 6) is 0. The molecule has 0 aliphatic heterocycles. The van der Waals surface area contributed by atoms with Crippen LogP contribution >= 0.6 is 0 Å². The first-order valence-electron chi connectivity index (χ1n) is 5.41. The fraction of sp³-hybridized carbons (Fsp3) is 0.200. The minimum Gasteiger partial charge on any atom is -0.362 e. The average molecular weight is 215 g/mol. The summed E-state index contributed by atoms with van der Waals surface area (Å²) in [6, 6.07) is 0. The Hall–Kier alpha value is -1.76. The van der Waals surface area contributed by atoms with E-state index in [1.54, 1.807) is 0 Å². The highest BCUT2D eigenvalue weighted by atomic mass is 14.8. The summed E-state index contributed by atoms with van der Waals surface area (Å²) in [5, 5.41) is 3.07. The van der Waals surface area contributed by atoms with Gasteiger partial charge in [0.25, 0.3) is 0 Å². The summed E-state index contributed by atoms with van der Waals surface area (Å²) >= 11 is 0. The second-order valence-electron chi connectivity index (χ2n) is 3.31. The summed E-state index contributed by atoms with van der Waals surface area (Å²) in [4.78, 5) is 0. The standard InChI is InChI=1S/C15H21N/c1-5-7-8-9-10-13-16-15(4)12-11-14(3)6-2/h5-13,16H,4H2,1-3H3/b7-5-,9-8-,12-11-,13-10+,14-6-. The van der Waals surface area contributed by atoms with Gasteiger partial charge in [-0.2, -0.15) is 0 Å². The molecular weight excluding hydrogens is 194 g/mol. The molecule has 0 aliphatic carbocycles. The predicted molar refractivity (Wildman–Crippen MR) is 73.9 cm³/mol. The molecule has 0 heterocycles. The lowest BCUT2D eigenvalue weighted by atomic mass is 10.2. The van der Waals surface area contributed by atoms with Crippen molar-refractivity contribution in [3.63, 3.8) is 0 Å². The Bertz CT molecular complexity index is 338. The van der Waals surface area contributed by atoms with Gasteiger partial charge in [-0.15, -0.1) is 0 Å². The van der Waals surface area contributed by atoms with Gasteiger partial charge < -0.3 is 5.32 Å². The van der Waals surface area contributed by atoms with E-state index < -0.39 is 0 Å². The molecule has 16 heavy (non-hydrogen) atoms. The second-order valence-corrected chi connectivity index (χ2v) is 3.31. The summed E-state index contributed by atoms with van der Waals surface area (Å²) in [6.45, 7) is 9.94. The van der Waals surface area contributed by atoms with Gasteiger partial charge in [0.15, 0.2) is 0 Å². The van der Waals surface area contributed by atoms with Crippen LogP contribution in [-0.2, 0) is 0 Å². The molecule has 0 unspecified atom stereocenters. The molecule has 86 valence electrons. The van der Waals surface area contributed by atoms with Crippen LogP contribution in [0.1, 0.15) is 20.8 Å². The Morgan fingerprint density at radius 3 is 2.31 bits per heavy atom. The topological polar surface area (TPSA) is 12.0 Å². The Labute approximate surface area is 99.3 Å².